The molecule has 0 aromatic carbocycles. The molecule has 2 heterocycles. The molecule has 108 valence electrons. The van der Waals surface area contributed by atoms with Crippen LogP contribution in [-0.4, -0.2) is 34.0 Å². The van der Waals surface area contributed by atoms with Gasteiger partial charge in [-0.1, -0.05) is 0 Å². The summed E-state index contributed by atoms with van der Waals surface area (Å²) >= 11 is 0. The van der Waals surface area contributed by atoms with Crippen molar-refractivity contribution < 1.29 is 9.47 Å². The van der Waals surface area contributed by atoms with Gasteiger partial charge in [0.05, 0.1) is 43.4 Å². The number of hydrogen-bond donors (Lipinski definition) is 1. The highest BCUT2D eigenvalue weighted by Gasteiger charge is 2.15. The van der Waals surface area contributed by atoms with E-state index in [4.69, 9.17) is 9.47 Å². The zero-order chi connectivity index (χ0) is 14.7. The average Bonchev–Trinajstić information content (AvgIpc) is 2.69. The average molecular weight is 277 g/mol. The van der Waals surface area contributed by atoms with E-state index in [1.54, 1.807) is 14.2 Å². The zero-order valence-corrected chi connectivity index (χ0v) is 12.4. The fraction of sp³-hybridized carbons (Fsp3) is 0.462. The van der Waals surface area contributed by atoms with Crippen LogP contribution in [0.15, 0.2) is 6.33 Å². The van der Waals surface area contributed by atoms with Gasteiger partial charge in [-0.25, -0.2) is 9.97 Å². The standard InChI is InChI=1S/C13H19N5O2/c1-8-11(9(2)18(3)17-8)14-6-10-12(19-4)15-7-16-13(10)20-5/h7,14H,6H2,1-5H3. The van der Waals surface area contributed by atoms with Gasteiger partial charge in [0.25, 0.3) is 0 Å². The number of hydrogen-bond acceptors (Lipinski definition) is 6. The molecule has 2 aromatic rings. The number of aryl methyl sites for hydroxylation is 2. The van der Waals surface area contributed by atoms with E-state index in [1.165, 1.54) is 6.33 Å². The fourth-order valence-electron chi connectivity index (χ4n) is 2.09. The Morgan fingerprint density at radius 1 is 1.15 bits per heavy atom. The Morgan fingerprint density at radius 2 is 1.75 bits per heavy atom. The van der Waals surface area contributed by atoms with Crippen LogP contribution >= 0.6 is 0 Å². The Labute approximate surface area is 118 Å². The number of aromatic nitrogens is 4. The second kappa shape index (κ2) is 5.77. The summed E-state index contributed by atoms with van der Waals surface area (Å²) in [5, 5.41) is 7.71. The second-order valence-corrected chi connectivity index (χ2v) is 4.39. The van der Waals surface area contributed by atoms with Gasteiger partial charge in [0.2, 0.25) is 11.8 Å². The van der Waals surface area contributed by atoms with E-state index >= 15 is 0 Å². The summed E-state index contributed by atoms with van der Waals surface area (Å²) in [5.41, 5.74) is 3.79. The molecule has 20 heavy (non-hydrogen) atoms. The van der Waals surface area contributed by atoms with Crippen molar-refractivity contribution in [3.63, 3.8) is 0 Å². The van der Waals surface area contributed by atoms with Crippen LogP contribution in [0.1, 0.15) is 17.0 Å². The monoisotopic (exact) mass is 277 g/mol. The zero-order valence-electron chi connectivity index (χ0n) is 12.4. The maximum absolute atomic E-state index is 5.25. The van der Waals surface area contributed by atoms with Crippen LogP contribution in [0.5, 0.6) is 11.8 Å². The maximum atomic E-state index is 5.25. The molecule has 7 nitrogen and oxygen atoms in total. The molecule has 0 saturated heterocycles. The van der Waals surface area contributed by atoms with Crippen molar-refractivity contribution in [3.05, 3.63) is 23.3 Å². The van der Waals surface area contributed by atoms with E-state index in [1.807, 2.05) is 25.6 Å². The molecule has 0 aliphatic carbocycles. The lowest BCUT2D eigenvalue weighted by Crippen LogP contribution is -2.07. The Balaban J connectivity index is 2.26. The topological polar surface area (TPSA) is 74.1 Å². The van der Waals surface area contributed by atoms with Crippen molar-refractivity contribution in [2.45, 2.75) is 20.4 Å². The molecule has 0 fully saturated rings. The van der Waals surface area contributed by atoms with Crippen LogP contribution in [0.4, 0.5) is 5.69 Å². The lowest BCUT2D eigenvalue weighted by atomic mass is 10.2. The molecule has 0 saturated carbocycles. The summed E-state index contributed by atoms with van der Waals surface area (Å²) in [5.74, 6) is 1.01. The van der Waals surface area contributed by atoms with Crippen LogP contribution in [0.25, 0.3) is 0 Å². The number of ether oxygens (including phenoxy) is 2. The summed E-state index contributed by atoms with van der Waals surface area (Å²) in [4.78, 5) is 8.19. The van der Waals surface area contributed by atoms with Gasteiger partial charge in [-0.15, -0.1) is 0 Å². The molecular weight excluding hydrogens is 258 g/mol. The van der Waals surface area contributed by atoms with E-state index in [2.05, 4.69) is 20.4 Å². The van der Waals surface area contributed by atoms with Gasteiger partial charge >= 0.3 is 0 Å². The van der Waals surface area contributed by atoms with Gasteiger partial charge in [0.15, 0.2) is 0 Å². The molecule has 7 heteroatoms. The maximum Gasteiger partial charge on any atom is 0.225 e. The van der Waals surface area contributed by atoms with Crippen LogP contribution in [0, 0.1) is 13.8 Å². The van der Waals surface area contributed by atoms with Crippen LogP contribution < -0.4 is 14.8 Å². The first-order chi connectivity index (χ1) is 9.58. The second-order valence-electron chi connectivity index (χ2n) is 4.39. The molecule has 0 spiro atoms. The predicted molar refractivity (Wildman–Crippen MR) is 75.1 cm³/mol. The van der Waals surface area contributed by atoms with Crippen molar-refractivity contribution >= 4 is 5.69 Å². The predicted octanol–water partition coefficient (Wildman–Crippen LogP) is 1.46. The van der Waals surface area contributed by atoms with E-state index < -0.39 is 0 Å². The molecule has 0 aliphatic rings. The summed E-state index contributed by atoms with van der Waals surface area (Å²) in [6, 6.07) is 0. The van der Waals surface area contributed by atoms with Gasteiger partial charge in [-0.3, -0.25) is 4.68 Å². The molecule has 0 aliphatic heterocycles. The summed E-state index contributed by atoms with van der Waals surface area (Å²) in [6.45, 7) is 4.48. The molecule has 2 rings (SSSR count). The first kappa shape index (κ1) is 14.1. The van der Waals surface area contributed by atoms with E-state index in [9.17, 15) is 0 Å². The Kier molecular flexibility index (Phi) is 4.07. The summed E-state index contributed by atoms with van der Waals surface area (Å²) < 4.78 is 12.3. The minimum absolute atomic E-state index is 0.501. The number of methoxy groups -OCH3 is 2. The molecule has 0 bridgehead atoms. The van der Waals surface area contributed by atoms with Crippen LogP contribution in [-0.2, 0) is 13.6 Å². The SMILES string of the molecule is COc1ncnc(OC)c1CNc1c(C)nn(C)c1C. The largest absolute Gasteiger partial charge is 0.481 e. The van der Waals surface area contributed by atoms with Crippen LogP contribution in [0.2, 0.25) is 0 Å². The van der Waals surface area contributed by atoms with Crippen molar-refractivity contribution in [1.29, 1.82) is 0 Å². The first-order valence-electron chi connectivity index (χ1n) is 6.24. The van der Waals surface area contributed by atoms with Crippen LogP contribution in [0.3, 0.4) is 0 Å². The Hall–Kier alpha value is -2.31. The highest BCUT2D eigenvalue weighted by molar-refractivity contribution is 5.53. The minimum Gasteiger partial charge on any atom is -0.481 e. The first-order valence-corrected chi connectivity index (χ1v) is 6.24. The Morgan fingerprint density at radius 3 is 2.20 bits per heavy atom. The van der Waals surface area contributed by atoms with Gasteiger partial charge < -0.3 is 14.8 Å². The number of nitrogens with one attached hydrogen (secondary N) is 1. The smallest absolute Gasteiger partial charge is 0.225 e. The third-order valence-electron chi connectivity index (χ3n) is 3.20. The quantitative estimate of drug-likeness (QED) is 0.891. The number of anilines is 1. The lowest BCUT2D eigenvalue weighted by molar-refractivity contribution is 0.363. The molecule has 0 unspecified atom stereocenters. The highest BCUT2D eigenvalue weighted by atomic mass is 16.5. The molecule has 0 amide bonds. The third kappa shape index (κ3) is 2.52. The fourth-order valence-corrected chi connectivity index (χ4v) is 2.09. The summed E-state index contributed by atoms with van der Waals surface area (Å²) in [7, 11) is 5.07. The van der Waals surface area contributed by atoms with Gasteiger partial charge in [-0.05, 0) is 13.8 Å². The Bertz CT molecular complexity index is 587. The van der Waals surface area contributed by atoms with Crippen molar-refractivity contribution in [2.24, 2.45) is 7.05 Å². The third-order valence-corrected chi connectivity index (χ3v) is 3.20. The van der Waals surface area contributed by atoms with E-state index in [0.717, 1.165) is 22.6 Å². The van der Waals surface area contributed by atoms with Gasteiger partial charge in [-0.2, -0.15) is 5.10 Å². The molecule has 2 aromatic heterocycles. The number of nitrogens with zero attached hydrogens (tertiary/aromatic N) is 4. The van der Waals surface area contributed by atoms with Gasteiger partial charge in [0, 0.05) is 7.05 Å². The molecular formula is C13H19N5O2. The molecule has 1 N–H and O–H groups in total. The van der Waals surface area contributed by atoms with E-state index in [0.29, 0.717) is 18.3 Å². The lowest BCUT2D eigenvalue weighted by Gasteiger charge is -2.12. The van der Waals surface area contributed by atoms with Crippen molar-refractivity contribution in [1.82, 2.24) is 19.7 Å². The molecule has 0 atom stereocenters. The normalized spacial score (nSPS) is 10.4. The van der Waals surface area contributed by atoms with Gasteiger partial charge in [0.1, 0.15) is 6.33 Å². The van der Waals surface area contributed by atoms with Crippen molar-refractivity contribution in [2.75, 3.05) is 19.5 Å². The number of rotatable bonds is 5. The minimum atomic E-state index is 0.501. The highest BCUT2D eigenvalue weighted by Crippen LogP contribution is 2.26. The van der Waals surface area contributed by atoms with Crippen molar-refractivity contribution in [3.8, 4) is 11.8 Å². The summed E-state index contributed by atoms with van der Waals surface area (Å²) in [6.07, 6.45) is 1.42. The molecule has 0 radical (unpaired) electrons. The van der Waals surface area contributed by atoms with E-state index in [-0.39, 0.29) is 0 Å².